The van der Waals surface area contributed by atoms with E-state index in [-0.39, 0.29) is 5.78 Å². The summed E-state index contributed by atoms with van der Waals surface area (Å²) >= 11 is 10.0. The molecule has 40 heavy (non-hydrogen) atoms. The maximum atomic E-state index is 12.9. The number of anilines is 1. The summed E-state index contributed by atoms with van der Waals surface area (Å²) in [7, 11) is 0. The molecule has 0 amide bonds. The van der Waals surface area contributed by atoms with Crippen molar-refractivity contribution < 1.29 is 4.79 Å². The molecule has 1 atom stereocenters. The molecule has 6 heteroatoms. The van der Waals surface area contributed by atoms with Gasteiger partial charge in [-0.25, -0.2) is 5.01 Å². The lowest BCUT2D eigenvalue weighted by Gasteiger charge is -2.37. The molecular formula is C34H31ClN2OS2. The highest BCUT2D eigenvalue weighted by atomic mass is 35.5. The van der Waals surface area contributed by atoms with E-state index in [0.29, 0.717) is 10.1 Å². The van der Waals surface area contributed by atoms with Gasteiger partial charge < -0.3 is 0 Å². The number of thioether (sulfide) groups is 2. The van der Waals surface area contributed by atoms with Crippen LogP contribution < -0.4 is 5.01 Å². The van der Waals surface area contributed by atoms with Gasteiger partial charge >= 0.3 is 0 Å². The number of hydrogen-bond donors (Lipinski definition) is 0. The van der Waals surface area contributed by atoms with Gasteiger partial charge in [0.25, 0.3) is 0 Å². The van der Waals surface area contributed by atoms with Gasteiger partial charge in [0.1, 0.15) is 0 Å². The van der Waals surface area contributed by atoms with Crippen LogP contribution in [0.5, 0.6) is 0 Å². The first-order chi connectivity index (χ1) is 19.3. The largest absolute Gasteiger partial charge is 0.292 e. The average Bonchev–Trinajstić information content (AvgIpc) is 3.52. The zero-order chi connectivity index (χ0) is 28.1. The molecule has 1 spiro atoms. The van der Waals surface area contributed by atoms with Crippen molar-refractivity contribution >= 4 is 51.6 Å². The van der Waals surface area contributed by atoms with E-state index in [9.17, 15) is 4.79 Å². The van der Waals surface area contributed by atoms with E-state index in [2.05, 4.69) is 86.6 Å². The van der Waals surface area contributed by atoms with Gasteiger partial charge in [-0.1, -0.05) is 128 Å². The molecule has 3 nitrogen and oxygen atoms in total. The Kier molecular flexibility index (Phi) is 7.10. The standard InChI is InChI=1S/C34H31ClN2OS2/c1-5-24-14-18-26(19-15-24)33(27-20-16-25(6-2)17-21-27)28-10-7-8-11-29(28)34(40-33)37(36-32(39-34)23(4)38)31-13-9-12-30(35)22(31)3/h7-21H,5-6H2,1-4H3/t34-/m0/s1. The van der Waals surface area contributed by atoms with Crippen LogP contribution in [0, 0.1) is 6.92 Å². The molecule has 4 aromatic rings. The van der Waals surface area contributed by atoms with E-state index < -0.39 is 8.95 Å². The molecular weight excluding hydrogens is 552 g/mol. The summed E-state index contributed by atoms with van der Waals surface area (Å²) in [5, 5.41) is 8.21. The van der Waals surface area contributed by atoms with Crippen LogP contribution >= 0.6 is 35.1 Å². The Morgan fingerprint density at radius 2 is 1.40 bits per heavy atom. The van der Waals surface area contributed by atoms with Crippen molar-refractivity contribution in [3.8, 4) is 0 Å². The second-order valence-electron chi connectivity index (χ2n) is 10.3. The third-order valence-corrected chi connectivity index (χ3v) is 11.8. The number of aryl methyl sites for hydroxylation is 2. The summed E-state index contributed by atoms with van der Waals surface area (Å²) in [6.45, 7) is 7.98. The molecule has 2 heterocycles. The molecule has 0 unspecified atom stereocenters. The summed E-state index contributed by atoms with van der Waals surface area (Å²) in [6, 6.07) is 32.6. The molecule has 2 aliphatic heterocycles. The molecule has 0 bridgehead atoms. The van der Waals surface area contributed by atoms with Gasteiger partial charge in [0, 0.05) is 17.5 Å². The predicted octanol–water partition coefficient (Wildman–Crippen LogP) is 9.08. The van der Waals surface area contributed by atoms with Crippen LogP contribution in [0.4, 0.5) is 5.69 Å². The fourth-order valence-corrected chi connectivity index (χ4v) is 9.41. The Morgan fingerprint density at radius 1 is 0.825 bits per heavy atom. The lowest BCUT2D eigenvalue weighted by molar-refractivity contribution is -0.110. The molecule has 0 fully saturated rings. The van der Waals surface area contributed by atoms with E-state index in [1.807, 2.05) is 41.9 Å². The lowest BCUT2D eigenvalue weighted by atomic mass is 9.81. The Hall–Kier alpha value is -2.99. The van der Waals surface area contributed by atoms with Crippen molar-refractivity contribution in [1.82, 2.24) is 0 Å². The summed E-state index contributed by atoms with van der Waals surface area (Å²) in [6.07, 6.45) is 1.97. The number of benzene rings is 4. The van der Waals surface area contributed by atoms with Crippen molar-refractivity contribution in [2.45, 2.75) is 49.5 Å². The number of halogens is 1. The number of carbonyl (C=O) groups is 1. The third-order valence-electron chi connectivity index (χ3n) is 7.95. The smallest absolute Gasteiger partial charge is 0.187 e. The van der Waals surface area contributed by atoms with Crippen LogP contribution in [0.1, 0.15) is 59.7 Å². The van der Waals surface area contributed by atoms with Crippen LogP contribution in [-0.2, 0) is 26.6 Å². The molecule has 202 valence electrons. The van der Waals surface area contributed by atoms with E-state index >= 15 is 0 Å². The normalized spacial score (nSPS) is 19.1. The van der Waals surface area contributed by atoms with Gasteiger partial charge in [0.2, 0.25) is 0 Å². The van der Waals surface area contributed by atoms with E-state index in [1.54, 1.807) is 18.7 Å². The number of fused-ring (bicyclic) bond motifs is 2. The molecule has 0 saturated heterocycles. The maximum Gasteiger partial charge on any atom is 0.187 e. The van der Waals surface area contributed by atoms with Crippen LogP contribution in [0.3, 0.4) is 0 Å². The highest BCUT2D eigenvalue weighted by molar-refractivity contribution is 8.27. The number of Topliss-reactive ketones (excluding diaryl/α,β-unsaturated/α-hetero) is 1. The molecule has 2 aliphatic rings. The first kappa shape index (κ1) is 27.2. The molecule has 0 radical (unpaired) electrons. The molecule has 4 aromatic carbocycles. The van der Waals surface area contributed by atoms with Gasteiger partial charge in [-0.2, -0.15) is 5.10 Å². The van der Waals surface area contributed by atoms with E-state index in [4.69, 9.17) is 16.7 Å². The van der Waals surface area contributed by atoms with Crippen molar-refractivity contribution in [3.63, 3.8) is 0 Å². The summed E-state index contributed by atoms with van der Waals surface area (Å²) in [4.78, 5) is 12.9. The molecule has 0 saturated carbocycles. The van der Waals surface area contributed by atoms with Crippen LogP contribution in [-0.4, -0.2) is 10.8 Å². The Morgan fingerprint density at radius 3 is 1.95 bits per heavy atom. The SMILES string of the molecule is CCc1ccc(C2(c3ccc(CC)cc3)S[C@@]3(SC(C(C)=O)=NN3c3cccc(Cl)c3C)c3ccccc32)cc1. The van der Waals surface area contributed by atoms with E-state index in [1.165, 1.54) is 27.8 Å². The molecule has 0 aromatic heterocycles. The van der Waals surface area contributed by atoms with Crippen molar-refractivity contribution in [3.05, 3.63) is 135 Å². The van der Waals surface area contributed by atoms with Gasteiger partial charge in [-0.3, -0.25) is 4.79 Å². The fraction of sp³-hybridized carbons (Fsp3) is 0.235. The maximum absolute atomic E-state index is 12.9. The number of hydrogen-bond acceptors (Lipinski definition) is 5. The van der Waals surface area contributed by atoms with Crippen LogP contribution in [0.2, 0.25) is 5.02 Å². The highest BCUT2D eigenvalue weighted by Crippen LogP contribution is 2.71. The first-order valence-electron chi connectivity index (χ1n) is 13.7. The zero-order valence-electron chi connectivity index (χ0n) is 23.1. The monoisotopic (exact) mass is 582 g/mol. The number of hydrazone groups is 1. The summed E-state index contributed by atoms with van der Waals surface area (Å²) in [5.74, 6) is -0.0401. The van der Waals surface area contributed by atoms with E-state index in [0.717, 1.165) is 29.7 Å². The van der Waals surface area contributed by atoms with Gasteiger partial charge in [-0.15, -0.1) is 0 Å². The minimum absolute atomic E-state index is 0.0401. The van der Waals surface area contributed by atoms with Crippen molar-refractivity contribution in [1.29, 1.82) is 0 Å². The van der Waals surface area contributed by atoms with Crippen molar-refractivity contribution in [2.24, 2.45) is 5.10 Å². The van der Waals surface area contributed by atoms with Gasteiger partial charge in [-0.05, 0) is 65.3 Å². The van der Waals surface area contributed by atoms with Crippen LogP contribution in [0.15, 0.2) is 96.1 Å². The number of nitrogens with zero attached hydrogens (tertiary/aromatic N) is 2. The third kappa shape index (κ3) is 4.13. The number of rotatable bonds is 6. The second kappa shape index (κ2) is 10.4. The first-order valence-corrected chi connectivity index (χ1v) is 15.7. The van der Waals surface area contributed by atoms with Gasteiger partial charge in [0.05, 0.1) is 10.4 Å². The molecule has 0 aliphatic carbocycles. The predicted molar refractivity (Wildman–Crippen MR) is 172 cm³/mol. The number of carbonyl (C=O) groups excluding carboxylic acids is 1. The quantitative estimate of drug-likeness (QED) is 0.227. The fourth-order valence-electron chi connectivity index (χ4n) is 5.69. The summed E-state index contributed by atoms with van der Waals surface area (Å²) in [5.41, 5.74) is 9.23. The summed E-state index contributed by atoms with van der Waals surface area (Å²) < 4.78 is -1.23. The molecule has 0 N–H and O–H groups in total. The van der Waals surface area contributed by atoms with Crippen molar-refractivity contribution in [2.75, 3.05) is 5.01 Å². The topological polar surface area (TPSA) is 32.7 Å². The molecule has 6 rings (SSSR count). The minimum atomic E-state index is -0.708. The Balaban J connectivity index is 1.65. The second-order valence-corrected chi connectivity index (χ2v) is 13.5. The minimum Gasteiger partial charge on any atom is -0.292 e. The van der Waals surface area contributed by atoms with Crippen LogP contribution in [0.25, 0.3) is 0 Å². The Labute approximate surface area is 250 Å². The average molecular weight is 583 g/mol. The Bertz CT molecular complexity index is 1580. The highest BCUT2D eigenvalue weighted by Gasteiger charge is 2.61. The zero-order valence-corrected chi connectivity index (χ0v) is 25.5. The van der Waals surface area contributed by atoms with Gasteiger partial charge in [0.15, 0.2) is 15.0 Å². The lowest BCUT2D eigenvalue weighted by Crippen LogP contribution is -2.34. The number of ketones is 1.